The monoisotopic (exact) mass is 300 g/mol. The molecule has 0 spiro atoms. The smallest absolute Gasteiger partial charge is 0.179 e. The lowest BCUT2D eigenvalue weighted by atomic mass is 10.0. The maximum atomic E-state index is 6.46. The molecule has 1 unspecified atom stereocenters. The quantitative estimate of drug-likeness (QED) is 0.841. The van der Waals surface area contributed by atoms with Crippen LogP contribution in [0.15, 0.2) is 12.1 Å². The second kappa shape index (κ2) is 7.72. The molecule has 1 rings (SSSR count). The Kier molecular flexibility index (Phi) is 6.59. The van der Waals surface area contributed by atoms with Gasteiger partial charge in [0.15, 0.2) is 11.5 Å². The molecular weight excluding hydrogens is 276 g/mol. The highest BCUT2D eigenvalue weighted by Gasteiger charge is 2.22. The van der Waals surface area contributed by atoms with Crippen molar-refractivity contribution < 1.29 is 9.47 Å². The van der Waals surface area contributed by atoms with E-state index in [2.05, 4.69) is 25.8 Å². The third-order valence-corrected chi connectivity index (χ3v) is 3.67. The molecule has 0 radical (unpaired) electrons. The van der Waals surface area contributed by atoms with Crippen LogP contribution in [-0.4, -0.2) is 39.3 Å². The lowest BCUT2D eigenvalue weighted by Gasteiger charge is -2.30. The molecule has 1 aromatic rings. The molecule has 114 valence electrons. The van der Waals surface area contributed by atoms with Crippen molar-refractivity contribution in [2.75, 3.05) is 34.4 Å². The first-order chi connectivity index (χ1) is 9.46. The standard InChI is InChI=1S/C15H25ClN2O2/c1-10(2)9-18(3)12(8-17)11-6-7-13(19-4)15(20-5)14(11)16/h6-7,10,12H,8-9,17H2,1-5H3. The van der Waals surface area contributed by atoms with Crippen molar-refractivity contribution in [3.63, 3.8) is 0 Å². The van der Waals surface area contributed by atoms with Crippen molar-refractivity contribution in [1.29, 1.82) is 0 Å². The Morgan fingerprint density at radius 1 is 1.25 bits per heavy atom. The van der Waals surface area contributed by atoms with Crippen molar-refractivity contribution in [2.24, 2.45) is 11.7 Å². The second-order valence-electron chi connectivity index (χ2n) is 5.29. The fourth-order valence-electron chi connectivity index (χ4n) is 2.41. The highest BCUT2D eigenvalue weighted by atomic mass is 35.5. The largest absolute Gasteiger partial charge is 0.493 e. The fourth-order valence-corrected chi connectivity index (χ4v) is 2.77. The summed E-state index contributed by atoms with van der Waals surface area (Å²) in [7, 11) is 5.24. The molecule has 1 atom stereocenters. The van der Waals surface area contributed by atoms with Crippen LogP contribution < -0.4 is 15.2 Å². The van der Waals surface area contributed by atoms with Gasteiger partial charge in [-0.25, -0.2) is 0 Å². The number of nitrogens with two attached hydrogens (primary N) is 1. The Labute approximate surface area is 126 Å². The van der Waals surface area contributed by atoms with Gasteiger partial charge in [0, 0.05) is 19.1 Å². The van der Waals surface area contributed by atoms with E-state index in [9.17, 15) is 0 Å². The Morgan fingerprint density at radius 2 is 1.90 bits per heavy atom. The van der Waals surface area contributed by atoms with Gasteiger partial charge in [-0.3, -0.25) is 4.90 Å². The van der Waals surface area contributed by atoms with Crippen molar-refractivity contribution in [2.45, 2.75) is 19.9 Å². The summed E-state index contributed by atoms with van der Waals surface area (Å²) in [4.78, 5) is 2.22. The van der Waals surface area contributed by atoms with Crippen molar-refractivity contribution in [1.82, 2.24) is 4.90 Å². The molecule has 0 saturated heterocycles. The number of hydrogen-bond acceptors (Lipinski definition) is 4. The normalized spacial score (nSPS) is 12.8. The first-order valence-corrected chi connectivity index (χ1v) is 7.14. The Morgan fingerprint density at radius 3 is 2.35 bits per heavy atom. The van der Waals surface area contributed by atoms with Gasteiger partial charge in [-0.05, 0) is 24.6 Å². The summed E-state index contributed by atoms with van der Waals surface area (Å²) < 4.78 is 10.6. The summed E-state index contributed by atoms with van der Waals surface area (Å²) in [5.74, 6) is 1.75. The summed E-state index contributed by atoms with van der Waals surface area (Å²) in [6.45, 7) is 5.81. The molecule has 5 heteroatoms. The first-order valence-electron chi connectivity index (χ1n) is 6.76. The number of halogens is 1. The molecular formula is C15H25ClN2O2. The van der Waals surface area contributed by atoms with E-state index in [0.29, 0.717) is 29.0 Å². The number of likely N-dealkylation sites (N-methyl/N-ethyl adjacent to an activating group) is 1. The zero-order valence-electron chi connectivity index (χ0n) is 12.9. The van der Waals surface area contributed by atoms with Gasteiger partial charge in [-0.15, -0.1) is 0 Å². The molecule has 0 saturated carbocycles. The van der Waals surface area contributed by atoms with Gasteiger partial charge in [0.25, 0.3) is 0 Å². The highest BCUT2D eigenvalue weighted by Crippen LogP contribution is 2.40. The average Bonchev–Trinajstić information content (AvgIpc) is 2.40. The molecule has 0 heterocycles. The molecule has 20 heavy (non-hydrogen) atoms. The maximum Gasteiger partial charge on any atom is 0.179 e. The van der Waals surface area contributed by atoms with Gasteiger partial charge in [0.05, 0.1) is 19.2 Å². The van der Waals surface area contributed by atoms with Crippen LogP contribution in [0.3, 0.4) is 0 Å². The number of benzene rings is 1. The molecule has 0 aromatic heterocycles. The molecule has 0 aliphatic carbocycles. The van der Waals surface area contributed by atoms with E-state index >= 15 is 0 Å². The topological polar surface area (TPSA) is 47.7 Å². The SMILES string of the molecule is COc1ccc(C(CN)N(C)CC(C)C)c(Cl)c1OC. The Hall–Kier alpha value is -0.970. The third kappa shape index (κ3) is 3.78. The molecule has 1 aromatic carbocycles. The fraction of sp³-hybridized carbons (Fsp3) is 0.600. The minimum atomic E-state index is 0.0599. The molecule has 0 aliphatic heterocycles. The number of ether oxygens (including phenoxy) is 2. The summed E-state index contributed by atoms with van der Waals surface area (Å²) in [6, 6.07) is 3.88. The van der Waals surface area contributed by atoms with E-state index in [1.165, 1.54) is 0 Å². The summed E-state index contributed by atoms with van der Waals surface area (Å²) >= 11 is 6.46. The number of rotatable bonds is 7. The van der Waals surface area contributed by atoms with Crippen LogP contribution in [0.2, 0.25) is 5.02 Å². The minimum Gasteiger partial charge on any atom is -0.493 e. The molecule has 0 aliphatic rings. The maximum absolute atomic E-state index is 6.46. The van der Waals surface area contributed by atoms with Crippen LogP contribution in [0.5, 0.6) is 11.5 Å². The molecule has 2 N–H and O–H groups in total. The lowest BCUT2D eigenvalue weighted by molar-refractivity contribution is 0.223. The molecule has 0 amide bonds. The van der Waals surface area contributed by atoms with Crippen LogP contribution in [0.4, 0.5) is 0 Å². The molecule has 0 fully saturated rings. The summed E-state index contributed by atoms with van der Waals surface area (Å²) in [5, 5.41) is 0.568. The first kappa shape index (κ1) is 17.1. The zero-order valence-corrected chi connectivity index (χ0v) is 13.7. The summed E-state index contributed by atoms with van der Waals surface area (Å²) in [6.07, 6.45) is 0. The number of methoxy groups -OCH3 is 2. The van der Waals surface area contributed by atoms with Crippen molar-refractivity contribution in [3.05, 3.63) is 22.7 Å². The second-order valence-corrected chi connectivity index (χ2v) is 5.67. The van der Waals surface area contributed by atoms with Crippen LogP contribution in [0.25, 0.3) is 0 Å². The predicted molar refractivity (Wildman–Crippen MR) is 83.8 cm³/mol. The average molecular weight is 301 g/mol. The Balaban J connectivity index is 3.16. The van der Waals surface area contributed by atoms with E-state index in [1.54, 1.807) is 14.2 Å². The van der Waals surface area contributed by atoms with E-state index in [1.807, 2.05) is 12.1 Å². The van der Waals surface area contributed by atoms with Gasteiger partial charge >= 0.3 is 0 Å². The predicted octanol–water partition coefficient (Wildman–Crippen LogP) is 2.94. The number of hydrogen-bond donors (Lipinski definition) is 1. The van der Waals surface area contributed by atoms with Crippen LogP contribution in [0, 0.1) is 5.92 Å². The highest BCUT2D eigenvalue weighted by molar-refractivity contribution is 6.33. The third-order valence-electron chi connectivity index (χ3n) is 3.28. The van der Waals surface area contributed by atoms with E-state index in [0.717, 1.165) is 12.1 Å². The summed E-state index contributed by atoms with van der Waals surface area (Å²) in [5.41, 5.74) is 6.91. The van der Waals surface area contributed by atoms with E-state index in [4.69, 9.17) is 26.8 Å². The van der Waals surface area contributed by atoms with E-state index < -0.39 is 0 Å². The van der Waals surface area contributed by atoms with Gasteiger partial charge in [0.2, 0.25) is 0 Å². The van der Waals surface area contributed by atoms with Gasteiger partial charge in [0.1, 0.15) is 0 Å². The zero-order chi connectivity index (χ0) is 15.3. The van der Waals surface area contributed by atoms with Crippen molar-refractivity contribution >= 4 is 11.6 Å². The van der Waals surface area contributed by atoms with Crippen LogP contribution in [0.1, 0.15) is 25.5 Å². The molecule has 0 bridgehead atoms. The Bertz CT molecular complexity index is 438. The molecule has 4 nitrogen and oxygen atoms in total. The van der Waals surface area contributed by atoms with Gasteiger partial charge < -0.3 is 15.2 Å². The van der Waals surface area contributed by atoms with Crippen LogP contribution >= 0.6 is 11.6 Å². The van der Waals surface area contributed by atoms with Crippen molar-refractivity contribution in [3.8, 4) is 11.5 Å². The van der Waals surface area contributed by atoms with Crippen LogP contribution in [-0.2, 0) is 0 Å². The van der Waals surface area contributed by atoms with Gasteiger partial charge in [-0.2, -0.15) is 0 Å². The minimum absolute atomic E-state index is 0.0599. The van der Waals surface area contributed by atoms with E-state index in [-0.39, 0.29) is 6.04 Å². The lowest BCUT2D eigenvalue weighted by Crippen LogP contribution is -2.33. The number of nitrogens with zero attached hydrogens (tertiary/aromatic N) is 1. The van der Waals surface area contributed by atoms with Gasteiger partial charge in [-0.1, -0.05) is 31.5 Å².